The fourth-order valence-corrected chi connectivity index (χ4v) is 6.03. The molecule has 0 spiro atoms. The molecule has 1 saturated carbocycles. The van der Waals surface area contributed by atoms with Gasteiger partial charge in [0.2, 0.25) is 0 Å². The predicted octanol–water partition coefficient (Wildman–Crippen LogP) is 3.00. The van der Waals surface area contributed by atoms with Crippen molar-refractivity contribution in [3.63, 3.8) is 0 Å². The number of benzene rings is 1. The van der Waals surface area contributed by atoms with E-state index in [1.54, 1.807) is 11.0 Å². The highest BCUT2D eigenvalue weighted by Gasteiger charge is 2.44. The monoisotopic (exact) mass is 347 g/mol. The van der Waals surface area contributed by atoms with Crippen LogP contribution in [0.25, 0.3) is 11.0 Å². The van der Waals surface area contributed by atoms with Gasteiger partial charge in [-0.2, -0.15) is 0 Å². The molecule has 0 radical (unpaired) electrons. The van der Waals surface area contributed by atoms with Crippen LogP contribution in [-0.2, 0) is 9.84 Å². The van der Waals surface area contributed by atoms with Crippen molar-refractivity contribution in [1.29, 1.82) is 0 Å². The minimum Gasteiger partial charge on any atom is -0.451 e. The van der Waals surface area contributed by atoms with Crippen molar-refractivity contribution in [3.05, 3.63) is 36.1 Å². The molecule has 1 aliphatic carbocycles. The number of hydrogen-bond acceptors (Lipinski definition) is 4. The molecule has 1 saturated heterocycles. The molecule has 2 aliphatic rings. The van der Waals surface area contributed by atoms with Crippen molar-refractivity contribution in [2.75, 3.05) is 13.1 Å². The second-order valence-corrected chi connectivity index (χ2v) is 9.34. The molecular weight excluding hydrogens is 326 g/mol. The van der Waals surface area contributed by atoms with Crippen LogP contribution >= 0.6 is 0 Å². The number of furan rings is 1. The summed E-state index contributed by atoms with van der Waals surface area (Å²) in [6.45, 7) is 0.573. The molecule has 4 rings (SSSR count). The predicted molar refractivity (Wildman–Crippen MR) is 91.7 cm³/mol. The number of carbonyl (C=O) groups is 1. The van der Waals surface area contributed by atoms with Gasteiger partial charge in [-0.15, -0.1) is 0 Å². The largest absolute Gasteiger partial charge is 0.451 e. The van der Waals surface area contributed by atoms with Crippen molar-refractivity contribution in [2.24, 2.45) is 0 Å². The Morgan fingerprint density at radius 1 is 1.04 bits per heavy atom. The lowest BCUT2D eigenvalue weighted by molar-refractivity contribution is 0.0627. The Bertz CT molecular complexity index is 825. The van der Waals surface area contributed by atoms with Gasteiger partial charge in [0.1, 0.15) is 5.58 Å². The molecule has 2 aromatic rings. The highest BCUT2D eigenvalue weighted by atomic mass is 32.2. The van der Waals surface area contributed by atoms with E-state index in [2.05, 4.69) is 0 Å². The van der Waals surface area contributed by atoms with Crippen molar-refractivity contribution >= 4 is 26.7 Å². The van der Waals surface area contributed by atoms with E-state index in [0.717, 1.165) is 37.5 Å². The SMILES string of the molecule is O=C(c1cc2ccccc2o1)N1CC(S(=O)(=O)C2CCCCC2)C1. The molecule has 6 heteroatoms. The van der Waals surface area contributed by atoms with Crippen LogP contribution in [0.4, 0.5) is 0 Å². The summed E-state index contributed by atoms with van der Waals surface area (Å²) < 4.78 is 30.9. The van der Waals surface area contributed by atoms with Gasteiger partial charge in [0.05, 0.1) is 10.5 Å². The maximum absolute atomic E-state index is 12.7. The molecule has 2 heterocycles. The van der Waals surface area contributed by atoms with E-state index in [-0.39, 0.29) is 30.0 Å². The van der Waals surface area contributed by atoms with Crippen LogP contribution in [0.1, 0.15) is 42.7 Å². The fraction of sp³-hybridized carbons (Fsp3) is 0.500. The Kier molecular flexibility index (Phi) is 3.87. The van der Waals surface area contributed by atoms with Crippen molar-refractivity contribution in [3.8, 4) is 0 Å². The molecule has 1 amide bonds. The molecule has 1 aromatic heterocycles. The smallest absolute Gasteiger partial charge is 0.289 e. The van der Waals surface area contributed by atoms with Crippen molar-refractivity contribution < 1.29 is 17.6 Å². The first-order chi connectivity index (χ1) is 11.6. The molecule has 5 nitrogen and oxygen atoms in total. The summed E-state index contributed by atoms with van der Waals surface area (Å²) in [6.07, 6.45) is 4.68. The molecule has 0 unspecified atom stereocenters. The van der Waals surface area contributed by atoms with Gasteiger partial charge in [-0.1, -0.05) is 37.5 Å². The number of amides is 1. The Hall–Kier alpha value is -1.82. The summed E-state index contributed by atoms with van der Waals surface area (Å²) in [7, 11) is -3.12. The molecule has 128 valence electrons. The summed E-state index contributed by atoms with van der Waals surface area (Å²) >= 11 is 0. The molecule has 2 fully saturated rings. The van der Waals surface area contributed by atoms with Crippen LogP contribution in [0.5, 0.6) is 0 Å². The van der Waals surface area contributed by atoms with E-state index < -0.39 is 15.1 Å². The Morgan fingerprint density at radius 3 is 2.46 bits per heavy atom. The minimum absolute atomic E-state index is 0.209. The van der Waals surface area contributed by atoms with E-state index in [9.17, 15) is 13.2 Å². The molecule has 24 heavy (non-hydrogen) atoms. The van der Waals surface area contributed by atoms with Gasteiger partial charge < -0.3 is 9.32 Å². The van der Waals surface area contributed by atoms with E-state index in [1.165, 1.54) is 0 Å². The first kappa shape index (κ1) is 15.7. The van der Waals surface area contributed by atoms with E-state index >= 15 is 0 Å². The van der Waals surface area contributed by atoms with Crippen LogP contribution in [0, 0.1) is 0 Å². The summed E-state index contributed by atoms with van der Waals surface area (Å²) in [5.41, 5.74) is 0.674. The van der Waals surface area contributed by atoms with Gasteiger partial charge in [0.25, 0.3) is 5.91 Å². The number of carbonyl (C=O) groups excluding carboxylic acids is 1. The number of hydrogen-bond donors (Lipinski definition) is 0. The number of rotatable bonds is 3. The summed E-state index contributed by atoms with van der Waals surface area (Å²) in [4.78, 5) is 14.1. The van der Waals surface area contributed by atoms with Crippen molar-refractivity contribution in [1.82, 2.24) is 4.90 Å². The number of likely N-dealkylation sites (tertiary alicyclic amines) is 1. The molecule has 1 aromatic carbocycles. The maximum Gasteiger partial charge on any atom is 0.289 e. The van der Waals surface area contributed by atoms with E-state index in [1.807, 2.05) is 24.3 Å². The average molecular weight is 347 g/mol. The zero-order valence-electron chi connectivity index (χ0n) is 13.5. The minimum atomic E-state index is -3.12. The zero-order valence-corrected chi connectivity index (χ0v) is 14.3. The number of nitrogens with zero attached hydrogens (tertiary/aromatic N) is 1. The lowest BCUT2D eigenvalue weighted by Gasteiger charge is -2.40. The lowest BCUT2D eigenvalue weighted by atomic mass is 10.0. The number of sulfone groups is 1. The fourth-order valence-electron chi connectivity index (χ4n) is 3.72. The van der Waals surface area contributed by atoms with Gasteiger partial charge in [0.15, 0.2) is 15.6 Å². The zero-order chi connectivity index (χ0) is 16.7. The maximum atomic E-state index is 12.7. The average Bonchev–Trinajstić information content (AvgIpc) is 2.98. The van der Waals surface area contributed by atoms with Gasteiger partial charge in [0, 0.05) is 18.5 Å². The van der Waals surface area contributed by atoms with Gasteiger partial charge >= 0.3 is 0 Å². The molecule has 0 atom stereocenters. The molecule has 0 N–H and O–H groups in total. The highest BCUT2D eigenvalue weighted by molar-refractivity contribution is 7.92. The summed E-state index contributed by atoms with van der Waals surface area (Å²) in [5, 5.41) is 0.265. The first-order valence-corrected chi connectivity index (χ1v) is 10.2. The Labute approximate surface area is 141 Å². The second kappa shape index (κ2) is 5.92. The van der Waals surface area contributed by atoms with Crippen LogP contribution in [-0.4, -0.2) is 42.8 Å². The van der Waals surface area contributed by atoms with Gasteiger partial charge in [-0.3, -0.25) is 4.79 Å². The third-order valence-corrected chi connectivity index (χ3v) is 7.88. The van der Waals surface area contributed by atoms with E-state index in [0.29, 0.717) is 5.58 Å². The van der Waals surface area contributed by atoms with Gasteiger partial charge in [-0.25, -0.2) is 8.42 Å². The Morgan fingerprint density at radius 2 is 1.75 bits per heavy atom. The summed E-state index contributed by atoms with van der Waals surface area (Å²) in [5.74, 6) is 0.0611. The quantitative estimate of drug-likeness (QED) is 0.856. The Balaban J connectivity index is 1.44. The van der Waals surface area contributed by atoms with Crippen LogP contribution < -0.4 is 0 Å². The highest BCUT2D eigenvalue weighted by Crippen LogP contribution is 2.31. The van der Waals surface area contributed by atoms with E-state index in [4.69, 9.17) is 4.42 Å². The standard InChI is InChI=1S/C18H21NO4S/c20-18(17-10-13-6-4-5-9-16(13)23-17)19-11-15(12-19)24(21,22)14-7-2-1-3-8-14/h4-6,9-10,14-15H,1-3,7-8,11-12H2. The third kappa shape index (κ3) is 2.62. The van der Waals surface area contributed by atoms with Crippen LogP contribution in [0.2, 0.25) is 0 Å². The topological polar surface area (TPSA) is 67.6 Å². The molecule has 1 aliphatic heterocycles. The van der Waals surface area contributed by atoms with Gasteiger partial charge in [-0.05, 0) is 25.0 Å². The van der Waals surface area contributed by atoms with Crippen LogP contribution in [0.15, 0.2) is 34.7 Å². The molecular formula is C18H21NO4S. The summed E-state index contributed by atoms with van der Waals surface area (Å²) in [6, 6.07) is 9.18. The number of fused-ring (bicyclic) bond motifs is 1. The first-order valence-electron chi connectivity index (χ1n) is 8.56. The molecule has 0 bridgehead atoms. The van der Waals surface area contributed by atoms with Crippen LogP contribution in [0.3, 0.4) is 0 Å². The normalized spacial score (nSPS) is 20.2. The third-order valence-electron chi connectivity index (χ3n) is 5.25. The lowest BCUT2D eigenvalue weighted by Crippen LogP contribution is -2.58. The van der Waals surface area contributed by atoms with Crippen molar-refractivity contribution in [2.45, 2.75) is 42.6 Å². The number of para-hydroxylation sites is 1. The second-order valence-electron chi connectivity index (χ2n) is 6.83.